The van der Waals surface area contributed by atoms with Crippen LogP contribution in [0.4, 0.5) is 0 Å². The second-order valence-corrected chi connectivity index (χ2v) is 6.77. The Balaban J connectivity index is 0. The van der Waals surface area contributed by atoms with Gasteiger partial charge in [0, 0.05) is 13.1 Å². The van der Waals surface area contributed by atoms with Crippen LogP contribution in [0.1, 0.15) is 33.6 Å². The Morgan fingerprint density at radius 3 is 2.32 bits per heavy atom. The predicted molar refractivity (Wildman–Crippen MR) is 79.8 cm³/mol. The molecule has 0 aliphatic carbocycles. The van der Waals surface area contributed by atoms with Gasteiger partial charge in [0.15, 0.2) is 0 Å². The summed E-state index contributed by atoms with van der Waals surface area (Å²) in [6.07, 6.45) is 1.20. The smallest absolute Gasteiger partial charge is 0.236 e. The van der Waals surface area contributed by atoms with E-state index < -0.39 is 16.1 Å². The third-order valence-corrected chi connectivity index (χ3v) is 3.82. The first-order chi connectivity index (χ1) is 8.28. The highest BCUT2D eigenvalue weighted by atomic mass is 35.5. The molecule has 0 unspecified atom stereocenters. The maximum absolute atomic E-state index is 11.5. The topological polar surface area (TPSA) is 101 Å². The molecule has 0 heterocycles. The van der Waals surface area contributed by atoms with Gasteiger partial charge in [-0.15, -0.1) is 12.4 Å². The minimum absolute atomic E-state index is 0. The highest BCUT2D eigenvalue weighted by Crippen LogP contribution is 2.02. The van der Waals surface area contributed by atoms with E-state index in [4.69, 9.17) is 5.73 Å². The Morgan fingerprint density at radius 1 is 1.26 bits per heavy atom. The second-order valence-electron chi connectivity index (χ2n) is 4.68. The number of carbonyl (C=O) groups is 1. The monoisotopic (exact) mass is 315 g/mol. The molecular weight excluding hydrogens is 290 g/mol. The summed E-state index contributed by atoms with van der Waals surface area (Å²) in [5, 5.41) is 2.69. The Kier molecular flexibility index (Phi) is 11.5. The lowest BCUT2D eigenvalue weighted by Crippen LogP contribution is -2.42. The van der Waals surface area contributed by atoms with Crippen molar-refractivity contribution in [2.45, 2.75) is 39.7 Å². The lowest BCUT2D eigenvalue weighted by atomic mass is 10.0. The van der Waals surface area contributed by atoms with Gasteiger partial charge in [0.25, 0.3) is 0 Å². The van der Waals surface area contributed by atoms with Gasteiger partial charge in [0.05, 0.1) is 11.8 Å². The first-order valence-corrected chi connectivity index (χ1v) is 7.94. The van der Waals surface area contributed by atoms with Crippen LogP contribution in [-0.4, -0.2) is 39.2 Å². The van der Waals surface area contributed by atoms with Gasteiger partial charge >= 0.3 is 0 Å². The molecule has 4 N–H and O–H groups in total. The van der Waals surface area contributed by atoms with Crippen molar-refractivity contribution < 1.29 is 13.2 Å². The lowest BCUT2D eigenvalue weighted by Gasteiger charge is -2.14. The molecule has 8 heteroatoms. The van der Waals surface area contributed by atoms with Gasteiger partial charge < -0.3 is 11.1 Å². The summed E-state index contributed by atoms with van der Waals surface area (Å²) in [6, 6.07) is -0.489. The van der Waals surface area contributed by atoms with E-state index in [-0.39, 0.29) is 24.1 Å². The van der Waals surface area contributed by atoms with Crippen molar-refractivity contribution in [1.29, 1.82) is 0 Å². The van der Waals surface area contributed by atoms with E-state index in [0.717, 1.165) is 0 Å². The summed E-state index contributed by atoms with van der Waals surface area (Å²) in [4.78, 5) is 11.5. The Morgan fingerprint density at radius 2 is 1.84 bits per heavy atom. The van der Waals surface area contributed by atoms with Crippen LogP contribution in [0.3, 0.4) is 0 Å². The van der Waals surface area contributed by atoms with E-state index in [1.165, 1.54) is 0 Å². The normalized spacial score (nSPS) is 12.9. The number of sulfonamides is 1. The molecule has 1 atom stereocenters. The van der Waals surface area contributed by atoms with Crippen LogP contribution in [0.2, 0.25) is 0 Å². The first-order valence-electron chi connectivity index (χ1n) is 6.29. The predicted octanol–water partition coefficient (Wildman–Crippen LogP) is 0.227. The van der Waals surface area contributed by atoms with Crippen molar-refractivity contribution in [2.24, 2.45) is 11.7 Å². The number of carbonyl (C=O) groups excluding carboxylic acids is 1. The number of nitrogens with two attached hydrogens (primary N) is 1. The van der Waals surface area contributed by atoms with E-state index in [0.29, 0.717) is 31.8 Å². The maximum atomic E-state index is 11.5. The van der Waals surface area contributed by atoms with E-state index in [1.54, 1.807) is 6.92 Å². The van der Waals surface area contributed by atoms with Gasteiger partial charge in [-0.25, -0.2) is 13.1 Å². The number of halogens is 1. The fourth-order valence-corrected chi connectivity index (χ4v) is 2.04. The van der Waals surface area contributed by atoms with Crippen LogP contribution >= 0.6 is 12.4 Å². The molecule has 1 amide bonds. The second kappa shape index (κ2) is 10.4. The standard InChI is InChI=1S/C11H25N3O3S.ClH/c1-4-18(16,17)14-7-5-6-13-11(15)10(12)8-9(2)3;/h9-10,14H,4-8,12H2,1-3H3,(H,13,15);1H/t10-;/m0./s1. The van der Waals surface area contributed by atoms with Crippen molar-refractivity contribution in [3.8, 4) is 0 Å². The van der Waals surface area contributed by atoms with Crippen LogP contribution in [0.25, 0.3) is 0 Å². The minimum atomic E-state index is -3.14. The Labute approximate surface area is 122 Å². The molecule has 0 aliphatic rings. The van der Waals surface area contributed by atoms with Gasteiger partial charge in [0.1, 0.15) is 0 Å². The molecule has 0 aromatic rings. The number of nitrogens with one attached hydrogen (secondary N) is 2. The molecule has 0 bridgehead atoms. The van der Waals surface area contributed by atoms with E-state index in [2.05, 4.69) is 10.0 Å². The molecule has 0 aliphatic heterocycles. The largest absolute Gasteiger partial charge is 0.355 e. The van der Waals surface area contributed by atoms with Crippen LogP contribution in [-0.2, 0) is 14.8 Å². The minimum Gasteiger partial charge on any atom is -0.355 e. The summed E-state index contributed by atoms with van der Waals surface area (Å²) >= 11 is 0. The summed E-state index contributed by atoms with van der Waals surface area (Å²) in [6.45, 7) is 6.35. The number of rotatable bonds is 9. The molecule has 116 valence electrons. The van der Waals surface area contributed by atoms with Crippen LogP contribution in [0, 0.1) is 5.92 Å². The van der Waals surface area contributed by atoms with Gasteiger partial charge in [-0.2, -0.15) is 0 Å². The molecule has 0 rings (SSSR count). The SMILES string of the molecule is CCS(=O)(=O)NCCCNC(=O)[C@@H](N)CC(C)C.Cl. The average molecular weight is 316 g/mol. The summed E-state index contributed by atoms with van der Waals surface area (Å²) < 4.78 is 24.6. The lowest BCUT2D eigenvalue weighted by molar-refractivity contribution is -0.122. The zero-order chi connectivity index (χ0) is 14.2. The molecule has 6 nitrogen and oxygen atoms in total. The zero-order valence-electron chi connectivity index (χ0n) is 11.8. The highest BCUT2D eigenvalue weighted by Gasteiger charge is 2.14. The van der Waals surface area contributed by atoms with Gasteiger partial charge in [0.2, 0.25) is 15.9 Å². The molecule has 0 spiro atoms. The highest BCUT2D eigenvalue weighted by molar-refractivity contribution is 7.89. The van der Waals surface area contributed by atoms with E-state index in [1.807, 2.05) is 13.8 Å². The summed E-state index contributed by atoms with van der Waals surface area (Å²) in [5.74, 6) is 0.266. The van der Waals surface area contributed by atoms with Crippen molar-refractivity contribution in [1.82, 2.24) is 10.0 Å². The Bertz CT molecular complexity index is 347. The van der Waals surface area contributed by atoms with E-state index >= 15 is 0 Å². The van der Waals surface area contributed by atoms with Crippen molar-refractivity contribution >= 4 is 28.3 Å². The van der Waals surface area contributed by atoms with Crippen LogP contribution in [0.5, 0.6) is 0 Å². The first kappa shape index (κ1) is 20.9. The molecular formula is C11H26ClN3O3S. The fourth-order valence-electron chi connectivity index (χ4n) is 1.38. The maximum Gasteiger partial charge on any atom is 0.236 e. The molecule has 0 saturated carbocycles. The molecule has 0 saturated heterocycles. The van der Waals surface area contributed by atoms with Crippen molar-refractivity contribution in [2.75, 3.05) is 18.8 Å². The quantitative estimate of drug-likeness (QED) is 0.530. The van der Waals surface area contributed by atoms with Crippen molar-refractivity contribution in [3.05, 3.63) is 0 Å². The summed E-state index contributed by atoms with van der Waals surface area (Å²) in [7, 11) is -3.14. The molecule has 0 aromatic heterocycles. The van der Waals surface area contributed by atoms with Crippen LogP contribution in [0.15, 0.2) is 0 Å². The number of amides is 1. The van der Waals surface area contributed by atoms with Crippen molar-refractivity contribution in [3.63, 3.8) is 0 Å². The fraction of sp³-hybridized carbons (Fsp3) is 0.909. The molecule has 0 aromatic carbocycles. The third-order valence-electron chi connectivity index (χ3n) is 2.42. The molecule has 0 fully saturated rings. The van der Waals surface area contributed by atoms with Gasteiger partial charge in [-0.05, 0) is 25.7 Å². The van der Waals surface area contributed by atoms with E-state index in [9.17, 15) is 13.2 Å². The zero-order valence-corrected chi connectivity index (χ0v) is 13.4. The molecule has 19 heavy (non-hydrogen) atoms. The average Bonchev–Trinajstić information content (AvgIpc) is 2.27. The van der Waals surface area contributed by atoms with Gasteiger partial charge in [-0.1, -0.05) is 13.8 Å². The molecule has 0 radical (unpaired) electrons. The Hall–Kier alpha value is -0.370. The van der Waals surface area contributed by atoms with Crippen LogP contribution < -0.4 is 15.8 Å². The number of hydrogen-bond donors (Lipinski definition) is 3. The third kappa shape index (κ3) is 11.2. The van der Waals surface area contributed by atoms with Gasteiger partial charge in [-0.3, -0.25) is 4.79 Å². The summed E-state index contributed by atoms with van der Waals surface area (Å²) in [5.41, 5.74) is 5.70. The number of hydrogen-bond acceptors (Lipinski definition) is 4.